The summed E-state index contributed by atoms with van der Waals surface area (Å²) in [6, 6.07) is 0. The summed E-state index contributed by atoms with van der Waals surface area (Å²) in [5.74, 6) is 0.880. The average Bonchev–Trinajstić information content (AvgIpc) is 2.83. The van der Waals surface area contributed by atoms with Crippen molar-refractivity contribution < 1.29 is 0 Å². The number of thiazole rings is 1. The second-order valence-corrected chi connectivity index (χ2v) is 7.41. The standard InChI is InChI=1S/C12H18N4S2/c1-11(2,3)8-14-10(18-16-8)15-12(4,5)9-13-6-7-17-9/h6-7H,1-5H3,(H,14,15,16). The van der Waals surface area contributed by atoms with Gasteiger partial charge in [-0.05, 0) is 13.8 Å². The van der Waals surface area contributed by atoms with E-state index in [1.807, 2.05) is 11.6 Å². The van der Waals surface area contributed by atoms with Gasteiger partial charge in [0, 0.05) is 28.5 Å². The van der Waals surface area contributed by atoms with Gasteiger partial charge in [-0.2, -0.15) is 4.37 Å². The first-order chi connectivity index (χ1) is 8.29. The van der Waals surface area contributed by atoms with Gasteiger partial charge in [0.1, 0.15) is 10.8 Å². The molecule has 0 bridgehead atoms. The molecular formula is C12H18N4S2. The van der Waals surface area contributed by atoms with E-state index < -0.39 is 0 Å². The molecule has 6 heteroatoms. The summed E-state index contributed by atoms with van der Waals surface area (Å²) in [7, 11) is 0. The molecule has 4 nitrogen and oxygen atoms in total. The fraction of sp³-hybridized carbons (Fsp3) is 0.583. The van der Waals surface area contributed by atoms with Crippen LogP contribution in [0.15, 0.2) is 11.6 Å². The van der Waals surface area contributed by atoms with Crippen LogP contribution in [0, 0.1) is 0 Å². The van der Waals surface area contributed by atoms with Crippen LogP contribution in [-0.4, -0.2) is 14.3 Å². The highest BCUT2D eigenvalue weighted by molar-refractivity contribution is 7.10. The van der Waals surface area contributed by atoms with Gasteiger partial charge in [-0.15, -0.1) is 11.3 Å². The lowest BCUT2D eigenvalue weighted by Gasteiger charge is -2.23. The molecular weight excluding hydrogens is 264 g/mol. The van der Waals surface area contributed by atoms with Gasteiger partial charge in [0.05, 0.1) is 5.54 Å². The summed E-state index contributed by atoms with van der Waals surface area (Å²) >= 11 is 3.05. The normalized spacial score (nSPS) is 12.7. The van der Waals surface area contributed by atoms with Gasteiger partial charge in [-0.25, -0.2) is 9.97 Å². The summed E-state index contributed by atoms with van der Waals surface area (Å²) in [6.45, 7) is 10.5. The smallest absolute Gasteiger partial charge is 0.203 e. The van der Waals surface area contributed by atoms with Crippen molar-refractivity contribution >= 4 is 28.0 Å². The molecule has 0 atom stereocenters. The molecule has 0 aliphatic rings. The van der Waals surface area contributed by atoms with Crippen LogP contribution in [0.5, 0.6) is 0 Å². The van der Waals surface area contributed by atoms with Gasteiger partial charge in [0.2, 0.25) is 5.13 Å². The predicted molar refractivity (Wildman–Crippen MR) is 77.4 cm³/mol. The largest absolute Gasteiger partial charge is 0.349 e. The molecule has 0 fully saturated rings. The lowest BCUT2D eigenvalue weighted by atomic mass is 9.96. The van der Waals surface area contributed by atoms with Crippen molar-refractivity contribution in [1.29, 1.82) is 0 Å². The number of anilines is 1. The third kappa shape index (κ3) is 2.87. The lowest BCUT2D eigenvalue weighted by Crippen LogP contribution is -2.27. The molecule has 0 aliphatic heterocycles. The SMILES string of the molecule is CC(C)(C)c1nsc(NC(C)(C)c2nccs2)n1. The van der Waals surface area contributed by atoms with E-state index in [9.17, 15) is 0 Å². The summed E-state index contributed by atoms with van der Waals surface area (Å²) in [6.07, 6.45) is 1.82. The second-order valence-electron chi connectivity index (χ2n) is 5.76. The van der Waals surface area contributed by atoms with Gasteiger partial charge in [0.15, 0.2) is 0 Å². The molecule has 0 aromatic carbocycles. The number of nitrogens with zero attached hydrogens (tertiary/aromatic N) is 3. The van der Waals surface area contributed by atoms with Crippen LogP contribution in [0.1, 0.15) is 45.5 Å². The van der Waals surface area contributed by atoms with E-state index in [2.05, 4.69) is 54.3 Å². The summed E-state index contributed by atoms with van der Waals surface area (Å²) in [5, 5.41) is 7.29. The Labute approximate surface area is 116 Å². The van der Waals surface area contributed by atoms with E-state index in [0.29, 0.717) is 0 Å². The van der Waals surface area contributed by atoms with Crippen molar-refractivity contribution in [3.63, 3.8) is 0 Å². The quantitative estimate of drug-likeness (QED) is 0.933. The molecule has 0 unspecified atom stereocenters. The van der Waals surface area contributed by atoms with E-state index in [1.165, 1.54) is 11.5 Å². The molecule has 2 aromatic rings. The Balaban J connectivity index is 2.17. The monoisotopic (exact) mass is 282 g/mol. The topological polar surface area (TPSA) is 50.7 Å². The maximum Gasteiger partial charge on any atom is 0.203 e. The maximum atomic E-state index is 4.55. The molecule has 0 amide bonds. The highest BCUT2D eigenvalue weighted by atomic mass is 32.1. The highest BCUT2D eigenvalue weighted by Gasteiger charge is 2.26. The summed E-state index contributed by atoms with van der Waals surface area (Å²) in [5.41, 5.74) is -0.232. The molecule has 18 heavy (non-hydrogen) atoms. The number of aromatic nitrogens is 3. The molecule has 0 saturated carbocycles. The number of rotatable bonds is 3. The first-order valence-corrected chi connectivity index (χ1v) is 7.47. The van der Waals surface area contributed by atoms with Gasteiger partial charge >= 0.3 is 0 Å². The molecule has 0 saturated heterocycles. The van der Waals surface area contributed by atoms with Crippen molar-refractivity contribution in [2.24, 2.45) is 0 Å². The fourth-order valence-electron chi connectivity index (χ4n) is 1.43. The van der Waals surface area contributed by atoms with Crippen molar-refractivity contribution in [3.05, 3.63) is 22.4 Å². The Morgan fingerprint density at radius 2 is 1.89 bits per heavy atom. The van der Waals surface area contributed by atoms with Gasteiger partial charge < -0.3 is 5.32 Å². The highest BCUT2D eigenvalue weighted by Crippen LogP contribution is 2.29. The van der Waals surface area contributed by atoms with Crippen molar-refractivity contribution in [3.8, 4) is 0 Å². The lowest BCUT2D eigenvalue weighted by molar-refractivity contribution is 0.552. The van der Waals surface area contributed by atoms with Crippen LogP contribution < -0.4 is 5.32 Å². The minimum Gasteiger partial charge on any atom is -0.349 e. The van der Waals surface area contributed by atoms with Crippen molar-refractivity contribution in [2.75, 3.05) is 5.32 Å². The minimum atomic E-state index is -0.219. The Bertz CT molecular complexity index is 508. The van der Waals surface area contributed by atoms with Crippen molar-refractivity contribution in [2.45, 2.75) is 45.6 Å². The van der Waals surface area contributed by atoms with Gasteiger partial charge in [-0.1, -0.05) is 20.8 Å². The summed E-state index contributed by atoms with van der Waals surface area (Å²) < 4.78 is 4.40. The molecule has 2 heterocycles. The van der Waals surface area contributed by atoms with Crippen LogP contribution in [0.25, 0.3) is 0 Å². The van der Waals surface area contributed by atoms with Crippen LogP contribution in [0.3, 0.4) is 0 Å². The van der Waals surface area contributed by atoms with Crippen LogP contribution in [-0.2, 0) is 11.0 Å². The molecule has 1 N–H and O–H groups in total. The van der Waals surface area contributed by atoms with Crippen molar-refractivity contribution in [1.82, 2.24) is 14.3 Å². The van der Waals surface area contributed by atoms with E-state index in [0.717, 1.165) is 16.0 Å². The number of hydrogen-bond donors (Lipinski definition) is 1. The molecule has 0 aliphatic carbocycles. The Morgan fingerprint density at radius 1 is 1.17 bits per heavy atom. The molecule has 0 radical (unpaired) electrons. The zero-order valence-corrected chi connectivity index (χ0v) is 12.9. The Hall–Kier alpha value is -1.01. The van der Waals surface area contributed by atoms with Crippen LogP contribution in [0.4, 0.5) is 5.13 Å². The molecule has 2 rings (SSSR count). The number of nitrogens with one attached hydrogen (secondary N) is 1. The average molecular weight is 282 g/mol. The molecule has 2 aromatic heterocycles. The third-order valence-corrected chi connectivity index (χ3v) is 4.21. The number of hydrogen-bond acceptors (Lipinski definition) is 6. The van der Waals surface area contributed by atoms with E-state index >= 15 is 0 Å². The fourth-order valence-corrected chi connectivity index (χ4v) is 3.07. The van der Waals surface area contributed by atoms with Crippen LogP contribution >= 0.6 is 22.9 Å². The zero-order valence-electron chi connectivity index (χ0n) is 11.3. The second kappa shape index (κ2) is 4.59. The predicted octanol–water partition coefficient (Wildman–Crippen LogP) is 3.64. The zero-order chi connectivity index (χ0) is 13.4. The Morgan fingerprint density at radius 3 is 2.39 bits per heavy atom. The Kier molecular flexibility index (Phi) is 3.42. The first kappa shape index (κ1) is 13.4. The van der Waals surface area contributed by atoms with Crippen LogP contribution in [0.2, 0.25) is 0 Å². The van der Waals surface area contributed by atoms with E-state index in [-0.39, 0.29) is 11.0 Å². The van der Waals surface area contributed by atoms with Gasteiger partial charge in [0.25, 0.3) is 0 Å². The maximum absolute atomic E-state index is 4.55. The molecule has 98 valence electrons. The third-order valence-electron chi connectivity index (χ3n) is 2.48. The molecule has 0 spiro atoms. The van der Waals surface area contributed by atoms with E-state index in [4.69, 9.17) is 0 Å². The first-order valence-electron chi connectivity index (χ1n) is 5.81. The van der Waals surface area contributed by atoms with E-state index in [1.54, 1.807) is 11.3 Å². The van der Waals surface area contributed by atoms with Gasteiger partial charge in [-0.3, -0.25) is 0 Å². The minimum absolute atomic E-state index is 0.0121. The summed E-state index contributed by atoms with van der Waals surface area (Å²) in [4.78, 5) is 8.90.